The molecule has 1 unspecified atom stereocenters. The third-order valence-corrected chi connectivity index (χ3v) is 3.74. The van der Waals surface area contributed by atoms with Crippen molar-refractivity contribution in [1.29, 1.82) is 0 Å². The molecule has 106 valence electrons. The Morgan fingerprint density at radius 2 is 2.05 bits per heavy atom. The Morgan fingerprint density at radius 1 is 1.37 bits per heavy atom. The summed E-state index contributed by atoms with van der Waals surface area (Å²) in [5.74, 6) is -0.925. The molecule has 0 spiro atoms. The molecule has 0 saturated carbocycles. The van der Waals surface area contributed by atoms with Crippen LogP contribution in [0.2, 0.25) is 0 Å². The van der Waals surface area contributed by atoms with Crippen LogP contribution in [0.4, 0.5) is 4.79 Å². The molecule has 0 bridgehead atoms. The Bertz CT molecular complexity index is 421. The summed E-state index contributed by atoms with van der Waals surface area (Å²) in [4.78, 5) is 37.9. The maximum Gasteiger partial charge on any atom is 0.328 e. The van der Waals surface area contributed by atoms with Crippen molar-refractivity contribution in [3.05, 3.63) is 0 Å². The molecule has 1 atom stereocenters. The molecule has 0 aromatic carbocycles. The highest BCUT2D eigenvalue weighted by Gasteiger charge is 2.38. The van der Waals surface area contributed by atoms with E-state index in [4.69, 9.17) is 5.11 Å². The molecule has 7 nitrogen and oxygen atoms in total. The number of piperazine rings is 1. The molecular formula is C12H19N3O4. The van der Waals surface area contributed by atoms with Crippen molar-refractivity contribution >= 4 is 17.9 Å². The quantitative estimate of drug-likeness (QED) is 0.730. The van der Waals surface area contributed by atoms with E-state index in [9.17, 15) is 14.4 Å². The molecule has 2 N–H and O–H groups in total. The lowest BCUT2D eigenvalue weighted by atomic mass is 10.1. The Kier molecular flexibility index (Phi) is 3.38. The van der Waals surface area contributed by atoms with Gasteiger partial charge in [-0.15, -0.1) is 0 Å². The standard InChI is InChI=1S/C12H19N3O4/c1-12(2,10(17)18)13-11(19)14-5-6-15-8(7-14)3-4-9(15)16/h8H,3-7H2,1-2H3,(H,13,19)(H,17,18). The predicted octanol–water partition coefficient (Wildman–Crippen LogP) is -0.134. The van der Waals surface area contributed by atoms with Gasteiger partial charge >= 0.3 is 12.0 Å². The number of hydrogen-bond donors (Lipinski definition) is 2. The van der Waals surface area contributed by atoms with Gasteiger partial charge in [-0.05, 0) is 20.3 Å². The molecule has 2 rings (SSSR count). The van der Waals surface area contributed by atoms with Gasteiger partial charge in [-0.3, -0.25) is 4.79 Å². The Balaban J connectivity index is 1.95. The fourth-order valence-corrected chi connectivity index (χ4v) is 2.45. The number of carbonyl (C=O) groups is 3. The van der Waals surface area contributed by atoms with E-state index in [0.29, 0.717) is 26.1 Å². The number of urea groups is 1. The number of carboxylic acids is 1. The van der Waals surface area contributed by atoms with Crippen LogP contribution in [0.5, 0.6) is 0 Å². The highest BCUT2D eigenvalue weighted by molar-refractivity contribution is 5.86. The fraction of sp³-hybridized carbons (Fsp3) is 0.750. The summed E-state index contributed by atoms with van der Waals surface area (Å²) < 4.78 is 0. The lowest BCUT2D eigenvalue weighted by molar-refractivity contribution is -0.143. The summed E-state index contributed by atoms with van der Waals surface area (Å²) in [6.45, 7) is 4.35. The summed E-state index contributed by atoms with van der Waals surface area (Å²) in [6, 6.07) is -0.300. The summed E-state index contributed by atoms with van der Waals surface area (Å²) >= 11 is 0. The van der Waals surface area contributed by atoms with Crippen LogP contribution in [0.25, 0.3) is 0 Å². The number of carbonyl (C=O) groups excluding carboxylic acids is 2. The second-order valence-electron chi connectivity index (χ2n) is 5.59. The molecule has 3 amide bonds. The minimum atomic E-state index is -1.29. The second kappa shape index (κ2) is 4.71. The number of amides is 3. The van der Waals surface area contributed by atoms with Gasteiger partial charge in [0.25, 0.3) is 0 Å². The van der Waals surface area contributed by atoms with Crippen LogP contribution >= 0.6 is 0 Å². The summed E-state index contributed by atoms with van der Waals surface area (Å²) in [5.41, 5.74) is -1.29. The first-order valence-electron chi connectivity index (χ1n) is 6.41. The number of carboxylic acid groups (broad SMARTS) is 1. The van der Waals surface area contributed by atoms with E-state index in [-0.39, 0.29) is 18.0 Å². The van der Waals surface area contributed by atoms with Gasteiger partial charge < -0.3 is 20.2 Å². The van der Waals surface area contributed by atoms with E-state index < -0.39 is 11.5 Å². The predicted molar refractivity (Wildman–Crippen MR) is 66.6 cm³/mol. The average Bonchev–Trinajstić information content (AvgIpc) is 2.70. The van der Waals surface area contributed by atoms with Crippen LogP contribution in [0.3, 0.4) is 0 Å². The second-order valence-corrected chi connectivity index (χ2v) is 5.59. The zero-order valence-electron chi connectivity index (χ0n) is 11.2. The fourth-order valence-electron chi connectivity index (χ4n) is 2.45. The van der Waals surface area contributed by atoms with Gasteiger partial charge in [-0.25, -0.2) is 9.59 Å². The molecule has 2 fully saturated rings. The number of hydrogen-bond acceptors (Lipinski definition) is 3. The minimum absolute atomic E-state index is 0.0833. The number of nitrogens with one attached hydrogen (secondary N) is 1. The van der Waals surface area contributed by atoms with E-state index in [1.54, 1.807) is 4.90 Å². The van der Waals surface area contributed by atoms with E-state index in [1.165, 1.54) is 13.8 Å². The SMILES string of the molecule is CC(C)(NC(=O)N1CCN2C(=O)CCC2C1)C(=O)O. The topological polar surface area (TPSA) is 90.0 Å². The summed E-state index contributed by atoms with van der Waals surface area (Å²) in [6.07, 6.45) is 1.31. The third-order valence-electron chi connectivity index (χ3n) is 3.74. The zero-order valence-corrected chi connectivity index (χ0v) is 11.2. The lowest BCUT2D eigenvalue weighted by Crippen LogP contribution is -2.59. The number of aliphatic carboxylic acids is 1. The van der Waals surface area contributed by atoms with Crippen LogP contribution in [0, 0.1) is 0 Å². The van der Waals surface area contributed by atoms with Crippen LogP contribution in [0.1, 0.15) is 26.7 Å². The molecular weight excluding hydrogens is 250 g/mol. The maximum atomic E-state index is 12.0. The largest absolute Gasteiger partial charge is 0.480 e. The van der Waals surface area contributed by atoms with Crippen molar-refractivity contribution in [2.24, 2.45) is 0 Å². The lowest BCUT2D eigenvalue weighted by Gasteiger charge is -2.38. The number of rotatable bonds is 2. The van der Waals surface area contributed by atoms with E-state index in [2.05, 4.69) is 5.32 Å². The summed E-state index contributed by atoms with van der Waals surface area (Å²) in [7, 11) is 0. The van der Waals surface area contributed by atoms with Crippen molar-refractivity contribution < 1.29 is 19.5 Å². The van der Waals surface area contributed by atoms with Crippen molar-refractivity contribution in [3.8, 4) is 0 Å². The van der Waals surface area contributed by atoms with Crippen LogP contribution in [-0.4, -0.2) is 64.0 Å². The van der Waals surface area contributed by atoms with Gasteiger partial charge in [0.2, 0.25) is 5.91 Å². The molecule has 2 aliphatic rings. The molecule has 2 heterocycles. The molecule has 0 aromatic rings. The van der Waals surface area contributed by atoms with Crippen LogP contribution in [-0.2, 0) is 9.59 Å². The number of fused-ring (bicyclic) bond motifs is 1. The molecule has 2 saturated heterocycles. The average molecular weight is 269 g/mol. The molecule has 0 aromatic heterocycles. The first-order chi connectivity index (χ1) is 8.81. The van der Waals surface area contributed by atoms with E-state index in [1.807, 2.05) is 4.90 Å². The minimum Gasteiger partial charge on any atom is -0.480 e. The van der Waals surface area contributed by atoms with Gasteiger partial charge in [0.1, 0.15) is 5.54 Å². The van der Waals surface area contributed by atoms with Crippen molar-refractivity contribution in [3.63, 3.8) is 0 Å². The summed E-state index contributed by atoms with van der Waals surface area (Å²) in [5, 5.41) is 11.5. The van der Waals surface area contributed by atoms with Gasteiger partial charge in [0.15, 0.2) is 0 Å². The normalized spacial score (nSPS) is 23.3. The van der Waals surface area contributed by atoms with Crippen molar-refractivity contribution in [2.45, 2.75) is 38.3 Å². The van der Waals surface area contributed by atoms with Crippen LogP contribution in [0.15, 0.2) is 0 Å². The molecule has 19 heavy (non-hydrogen) atoms. The van der Waals surface area contributed by atoms with Gasteiger partial charge in [0, 0.05) is 32.1 Å². The zero-order chi connectivity index (χ0) is 14.2. The maximum absolute atomic E-state index is 12.0. The monoisotopic (exact) mass is 269 g/mol. The van der Waals surface area contributed by atoms with E-state index in [0.717, 1.165) is 6.42 Å². The first kappa shape index (κ1) is 13.6. The smallest absolute Gasteiger partial charge is 0.328 e. The van der Waals surface area contributed by atoms with Gasteiger partial charge in [-0.1, -0.05) is 0 Å². The van der Waals surface area contributed by atoms with Gasteiger partial charge in [-0.2, -0.15) is 0 Å². The first-order valence-corrected chi connectivity index (χ1v) is 6.41. The molecule has 0 radical (unpaired) electrons. The molecule has 0 aliphatic carbocycles. The Morgan fingerprint density at radius 3 is 2.68 bits per heavy atom. The van der Waals surface area contributed by atoms with Gasteiger partial charge in [0.05, 0.1) is 0 Å². The Labute approximate surface area is 111 Å². The highest BCUT2D eigenvalue weighted by Crippen LogP contribution is 2.22. The Hall–Kier alpha value is -1.79. The molecule has 7 heteroatoms. The molecule has 2 aliphatic heterocycles. The van der Waals surface area contributed by atoms with E-state index >= 15 is 0 Å². The number of nitrogens with zero attached hydrogens (tertiary/aromatic N) is 2. The highest BCUT2D eigenvalue weighted by atomic mass is 16.4. The third kappa shape index (κ3) is 2.64. The van der Waals surface area contributed by atoms with Crippen LogP contribution < -0.4 is 5.32 Å². The van der Waals surface area contributed by atoms with Crippen molar-refractivity contribution in [1.82, 2.24) is 15.1 Å². The van der Waals surface area contributed by atoms with Crippen molar-refractivity contribution in [2.75, 3.05) is 19.6 Å².